The van der Waals surface area contributed by atoms with Crippen LogP contribution < -0.4 is 10.2 Å². The van der Waals surface area contributed by atoms with Gasteiger partial charge in [0.15, 0.2) is 0 Å². The minimum atomic E-state index is -0.685. The number of carbonyl (C=O) groups is 3. The lowest BCUT2D eigenvalue weighted by molar-refractivity contribution is -0.140. The fourth-order valence-electron chi connectivity index (χ4n) is 2.92. The molecule has 1 heterocycles. The van der Waals surface area contributed by atoms with E-state index in [9.17, 15) is 14.4 Å². The predicted molar refractivity (Wildman–Crippen MR) is 110 cm³/mol. The van der Waals surface area contributed by atoms with E-state index in [-0.39, 0.29) is 30.5 Å². The highest BCUT2D eigenvalue weighted by atomic mass is 35.5. The molecular weight excluding hydrogens is 412 g/mol. The van der Waals surface area contributed by atoms with E-state index in [1.165, 1.54) is 19.1 Å². The molecule has 1 aliphatic rings. The van der Waals surface area contributed by atoms with Gasteiger partial charge in [-0.15, -0.1) is 0 Å². The highest BCUT2D eigenvalue weighted by Crippen LogP contribution is 2.28. The molecule has 0 atom stereocenters. The van der Waals surface area contributed by atoms with Crippen molar-refractivity contribution in [2.75, 3.05) is 37.8 Å². The number of halogens is 1. The number of hydrogen-bond acceptors (Lipinski definition) is 7. The normalized spacial score (nSPS) is 13.6. The Morgan fingerprint density at radius 1 is 1.00 bits per heavy atom. The van der Waals surface area contributed by atoms with E-state index in [1.54, 1.807) is 48.5 Å². The number of nitrogens with zero attached hydrogens (tertiary/aromatic N) is 1. The second kappa shape index (κ2) is 9.43. The number of rotatable bonds is 5. The number of hydrogen-bond donors (Lipinski definition) is 1. The van der Waals surface area contributed by atoms with Crippen molar-refractivity contribution in [3.63, 3.8) is 0 Å². The van der Waals surface area contributed by atoms with Crippen molar-refractivity contribution in [2.45, 2.75) is 0 Å². The van der Waals surface area contributed by atoms with E-state index in [0.29, 0.717) is 22.0 Å². The zero-order chi connectivity index (χ0) is 21.7. The largest absolute Gasteiger partial charge is 0.466 e. The first-order valence-electron chi connectivity index (χ1n) is 8.87. The van der Waals surface area contributed by atoms with Crippen LogP contribution in [0.5, 0.6) is 0 Å². The number of esters is 2. The Labute approximate surface area is 178 Å². The van der Waals surface area contributed by atoms with E-state index in [1.807, 2.05) is 0 Å². The number of ether oxygens (including phenoxy) is 3. The Balaban J connectivity index is 1.85. The first kappa shape index (κ1) is 21.4. The van der Waals surface area contributed by atoms with E-state index in [0.717, 1.165) is 0 Å². The Morgan fingerprint density at radius 2 is 1.67 bits per heavy atom. The number of nitrogens with one attached hydrogen (secondary N) is 1. The van der Waals surface area contributed by atoms with Gasteiger partial charge >= 0.3 is 11.9 Å². The van der Waals surface area contributed by atoms with Crippen LogP contribution in [0.15, 0.2) is 59.8 Å². The summed E-state index contributed by atoms with van der Waals surface area (Å²) in [7, 11) is 2.45. The molecule has 0 fully saturated rings. The topological polar surface area (TPSA) is 94.2 Å². The molecule has 0 radical (unpaired) electrons. The minimum absolute atomic E-state index is 0.0380. The Hall–Kier alpha value is -3.36. The van der Waals surface area contributed by atoms with E-state index < -0.39 is 11.9 Å². The highest BCUT2D eigenvalue weighted by molar-refractivity contribution is 6.34. The Morgan fingerprint density at radius 3 is 2.30 bits per heavy atom. The molecule has 30 heavy (non-hydrogen) atoms. The van der Waals surface area contributed by atoms with Gasteiger partial charge in [-0.05, 0) is 36.4 Å². The van der Waals surface area contributed by atoms with Gasteiger partial charge in [0.1, 0.15) is 12.4 Å². The van der Waals surface area contributed by atoms with Gasteiger partial charge in [-0.25, -0.2) is 9.59 Å². The van der Waals surface area contributed by atoms with Crippen LogP contribution in [0.25, 0.3) is 0 Å². The molecule has 0 aliphatic carbocycles. The summed E-state index contributed by atoms with van der Waals surface area (Å²) in [6.45, 7) is -0.0319. The van der Waals surface area contributed by atoms with Gasteiger partial charge in [-0.1, -0.05) is 23.7 Å². The molecule has 156 valence electrons. The smallest absolute Gasteiger partial charge is 0.355 e. The van der Waals surface area contributed by atoms with E-state index in [4.69, 9.17) is 25.8 Å². The lowest BCUT2D eigenvalue weighted by Crippen LogP contribution is -2.38. The number of benzene rings is 2. The zero-order valence-corrected chi connectivity index (χ0v) is 17.1. The summed E-state index contributed by atoms with van der Waals surface area (Å²) in [4.78, 5) is 38.3. The van der Waals surface area contributed by atoms with Gasteiger partial charge < -0.3 is 24.4 Å². The minimum Gasteiger partial charge on any atom is -0.466 e. The van der Waals surface area contributed by atoms with Crippen molar-refractivity contribution in [2.24, 2.45) is 0 Å². The second-order valence-corrected chi connectivity index (χ2v) is 6.60. The fourth-order valence-corrected chi connectivity index (χ4v) is 3.14. The Bertz CT molecular complexity index is 1000. The molecule has 0 spiro atoms. The number of methoxy groups -OCH3 is 2. The van der Waals surface area contributed by atoms with Crippen LogP contribution in [-0.2, 0) is 23.8 Å². The molecular formula is C21H19ClN2O6. The molecule has 3 rings (SSSR count). The molecule has 0 saturated heterocycles. The van der Waals surface area contributed by atoms with E-state index in [2.05, 4.69) is 5.32 Å². The average Bonchev–Trinajstić information content (AvgIpc) is 2.78. The van der Waals surface area contributed by atoms with Gasteiger partial charge in [-0.2, -0.15) is 0 Å². The second-order valence-electron chi connectivity index (χ2n) is 6.20. The molecule has 8 nitrogen and oxygen atoms in total. The maximum atomic E-state index is 12.4. The molecule has 2 aromatic carbocycles. The third-order valence-corrected chi connectivity index (χ3v) is 4.72. The summed E-state index contributed by atoms with van der Waals surface area (Å²) in [6.07, 6.45) is 0. The third kappa shape index (κ3) is 4.45. The highest BCUT2D eigenvalue weighted by Gasteiger charge is 2.32. The van der Waals surface area contributed by atoms with Gasteiger partial charge in [0, 0.05) is 11.4 Å². The van der Waals surface area contributed by atoms with E-state index >= 15 is 0 Å². The molecule has 1 amide bonds. The van der Waals surface area contributed by atoms with Crippen LogP contribution in [0.3, 0.4) is 0 Å². The standard InChI is InChI=1S/C21H19ClN2O6/c1-28-20(26)16-11-30-12-24(18(16)21(27)29-2)14-9-7-13(8-10-14)23-19(25)15-5-3-4-6-17(15)22/h3-10H,11-12H2,1-2H3,(H,23,25). The molecule has 1 N–H and O–H groups in total. The third-order valence-electron chi connectivity index (χ3n) is 4.39. The molecule has 0 aromatic heterocycles. The average molecular weight is 431 g/mol. The van der Waals surface area contributed by atoms with Gasteiger partial charge in [0.2, 0.25) is 0 Å². The molecule has 2 aromatic rings. The molecule has 1 aliphatic heterocycles. The van der Waals surface area contributed by atoms with Gasteiger partial charge in [0.25, 0.3) is 5.91 Å². The molecule has 0 saturated carbocycles. The van der Waals surface area contributed by atoms with Crippen molar-refractivity contribution in [1.29, 1.82) is 0 Å². The van der Waals surface area contributed by atoms with Crippen molar-refractivity contribution in [3.8, 4) is 0 Å². The number of amides is 1. The van der Waals surface area contributed by atoms with Crippen LogP contribution in [0.2, 0.25) is 5.02 Å². The van der Waals surface area contributed by atoms with Crippen LogP contribution >= 0.6 is 11.6 Å². The SMILES string of the molecule is COC(=O)C1=C(C(=O)OC)N(c2ccc(NC(=O)c3ccccc3Cl)cc2)COC1. The van der Waals surface area contributed by atoms with Crippen molar-refractivity contribution in [1.82, 2.24) is 0 Å². The predicted octanol–water partition coefficient (Wildman–Crippen LogP) is 2.99. The van der Waals surface area contributed by atoms with Crippen LogP contribution in [0, 0.1) is 0 Å². The van der Waals surface area contributed by atoms with Crippen LogP contribution in [0.1, 0.15) is 10.4 Å². The van der Waals surface area contributed by atoms with Crippen LogP contribution in [0.4, 0.5) is 11.4 Å². The quantitative estimate of drug-likeness (QED) is 0.728. The molecule has 0 bridgehead atoms. The first-order chi connectivity index (χ1) is 14.5. The van der Waals surface area contributed by atoms with Crippen molar-refractivity contribution < 1.29 is 28.6 Å². The molecule has 9 heteroatoms. The summed E-state index contributed by atoms with van der Waals surface area (Å²) in [5, 5.41) is 3.11. The monoisotopic (exact) mass is 430 g/mol. The summed E-state index contributed by atoms with van der Waals surface area (Å²) in [6, 6.07) is 13.4. The lowest BCUT2D eigenvalue weighted by atomic mass is 10.1. The Kier molecular flexibility index (Phi) is 6.71. The van der Waals surface area contributed by atoms with Gasteiger partial charge in [0.05, 0.1) is 37.0 Å². The van der Waals surface area contributed by atoms with Crippen LogP contribution in [-0.4, -0.2) is 45.4 Å². The van der Waals surface area contributed by atoms with Crippen molar-refractivity contribution >= 4 is 40.8 Å². The first-order valence-corrected chi connectivity index (χ1v) is 9.25. The molecule has 0 unspecified atom stereocenters. The number of anilines is 2. The summed E-state index contributed by atoms with van der Waals surface area (Å²) in [5.41, 5.74) is 1.55. The van der Waals surface area contributed by atoms with Crippen molar-refractivity contribution in [3.05, 3.63) is 70.4 Å². The number of carbonyl (C=O) groups excluding carboxylic acids is 3. The lowest BCUT2D eigenvalue weighted by Gasteiger charge is -2.31. The fraction of sp³-hybridized carbons (Fsp3) is 0.190. The van der Waals surface area contributed by atoms with Gasteiger partial charge in [-0.3, -0.25) is 4.79 Å². The summed E-state index contributed by atoms with van der Waals surface area (Å²) in [5.74, 6) is -1.71. The maximum Gasteiger partial charge on any atom is 0.355 e. The summed E-state index contributed by atoms with van der Waals surface area (Å²) < 4.78 is 15.0. The summed E-state index contributed by atoms with van der Waals surface area (Å²) >= 11 is 6.05. The zero-order valence-electron chi connectivity index (χ0n) is 16.3. The maximum absolute atomic E-state index is 12.4.